The van der Waals surface area contributed by atoms with Crippen molar-refractivity contribution in [2.45, 2.75) is 13.0 Å². The number of hydrazine groups is 2. The number of anilines is 1. The summed E-state index contributed by atoms with van der Waals surface area (Å²) >= 11 is 10.5. The number of thiocarbonyl (C=S) groups is 2. The number of pyridine rings is 1. The molecule has 1 unspecified atom stereocenters. The second-order valence-electron chi connectivity index (χ2n) is 5.02. The Kier molecular flexibility index (Phi) is 6.86. The highest BCUT2D eigenvalue weighted by Crippen LogP contribution is 2.10. The van der Waals surface area contributed by atoms with E-state index in [1.54, 1.807) is 6.20 Å². The van der Waals surface area contributed by atoms with Crippen LogP contribution in [-0.2, 0) is 0 Å². The van der Waals surface area contributed by atoms with Gasteiger partial charge in [0, 0.05) is 18.9 Å². The minimum absolute atomic E-state index is 0.00453. The van der Waals surface area contributed by atoms with Gasteiger partial charge in [0.15, 0.2) is 10.2 Å². The molecule has 2 aromatic rings. The smallest absolute Gasteiger partial charge is 0.199 e. The molecule has 0 saturated heterocycles. The van der Waals surface area contributed by atoms with Gasteiger partial charge in [0.05, 0.1) is 11.7 Å². The van der Waals surface area contributed by atoms with Crippen molar-refractivity contribution < 1.29 is 0 Å². The van der Waals surface area contributed by atoms with Gasteiger partial charge in [0.1, 0.15) is 0 Å². The molecule has 0 aliphatic heterocycles. The van der Waals surface area contributed by atoms with Crippen molar-refractivity contribution in [3.63, 3.8) is 0 Å². The number of hydrogen-bond acceptors (Lipinski definition) is 4. The molecule has 1 aromatic carbocycles. The van der Waals surface area contributed by atoms with Crippen LogP contribution < -0.4 is 26.6 Å². The van der Waals surface area contributed by atoms with Crippen LogP contribution in [-0.4, -0.2) is 22.3 Å². The van der Waals surface area contributed by atoms with Gasteiger partial charge in [-0.3, -0.25) is 21.3 Å². The number of hydrogen-bond donors (Lipinski definition) is 4. The molecule has 24 heavy (non-hydrogen) atoms. The summed E-state index contributed by atoms with van der Waals surface area (Å²) in [5.74, 6) is 0. The van der Waals surface area contributed by atoms with E-state index in [4.69, 9.17) is 24.4 Å². The van der Waals surface area contributed by atoms with Gasteiger partial charge in [-0.1, -0.05) is 24.3 Å². The van der Waals surface area contributed by atoms with Gasteiger partial charge >= 0.3 is 0 Å². The topological polar surface area (TPSA) is 64.2 Å². The van der Waals surface area contributed by atoms with E-state index in [1.807, 2.05) is 67.4 Å². The van der Waals surface area contributed by atoms with Gasteiger partial charge in [-0.25, -0.2) is 5.43 Å². The second-order valence-corrected chi connectivity index (χ2v) is 5.82. The summed E-state index contributed by atoms with van der Waals surface area (Å²) in [7, 11) is 1.88. The quantitative estimate of drug-likeness (QED) is 0.488. The molecule has 0 saturated carbocycles. The largest absolute Gasteiger partial charge is 0.321 e. The lowest BCUT2D eigenvalue weighted by molar-refractivity contribution is 0.527. The Bertz CT molecular complexity index is 665. The first-order valence-corrected chi connectivity index (χ1v) is 8.21. The second kappa shape index (κ2) is 9.11. The predicted molar refractivity (Wildman–Crippen MR) is 105 cm³/mol. The summed E-state index contributed by atoms with van der Waals surface area (Å²) in [4.78, 5) is 6.12. The molecule has 4 N–H and O–H groups in total. The lowest BCUT2D eigenvalue weighted by Gasteiger charge is -2.22. The lowest BCUT2D eigenvalue weighted by Crippen LogP contribution is -2.53. The van der Waals surface area contributed by atoms with Gasteiger partial charge in [0.25, 0.3) is 0 Å². The van der Waals surface area contributed by atoms with Crippen LogP contribution >= 0.6 is 24.4 Å². The van der Waals surface area contributed by atoms with Crippen LogP contribution in [0.15, 0.2) is 54.7 Å². The van der Waals surface area contributed by atoms with Crippen molar-refractivity contribution in [2.75, 3.05) is 11.9 Å². The lowest BCUT2D eigenvalue weighted by atomic mass is 10.2. The maximum absolute atomic E-state index is 5.32. The van der Waals surface area contributed by atoms with E-state index in [9.17, 15) is 0 Å². The molecule has 0 fully saturated rings. The molecule has 0 spiro atoms. The van der Waals surface area contributed by atoms with E-state index in [-0.39, 0.29) is 6.04 Å². The molecule has 0 bridgehead atoms. The van der Waals surface area contributed by atoms with E-state index >= 15 is 0 Å². The third-order valence-electron chi connectivity index (χ3n) is 3.26. The van der Waals surface area contributed by atoms with Crippen LogP contribution in [0.1, 0.15) is 18.7 Å². The molecular formula is C16H20N6S2. The highest BCUT2D eigenvalue weighted by atomic mass is 32.1. The number of nitrogens with one attached hydrogen (secondary N) is 4. The first-order valence-electron chi connectivity index (χ1n) is 7.39. The van der Waals surface area contributed by atoms with Gasteiger partial charge in [-0.15, -0.1) is 0 Å². The van der Waals surface area contributed by atoms with Crippen LogP contribution in [0.25, 0.3) is 0 Å². The average Bonchev–Trinajstić information content (AvgIpc) is 2.64. The van der Waals surface area contributed by atoms with Gasteiger partial charge < -0.3 is 4.90 Å². The molecule has 1 atom stereocenters. The van der Waals surface area contributed by atoms with Gasteiger partial charge in [0.2, 0.25) is 0 Å². The molecule has 0 amide bonds. The van der Waals surface area contributed by atoms with Crippen LogP contribution in [0.2, 0.25) is 0 Å². The fourth-order valence-electron chi connectivity index (χ4n) is 1.87. The standard InChI is InChI=1S/C16H20N6S2/c1-12(14-10-6-7-11-17-14)18-19-15(23)20-21-16(24)22(2)13-8-4-3-5-9-13/h3-12,18H,1-2H3,(H,21,24)(H2,19,20,23). The molecule has 8 heteroatoms. The van der Waals surface area contributed by atoms with Gasteiger partial charge in [-0.05, 0) is 55.6 Å². The van der Waals surface area contributed by atoms with Crippen LogP contribution in [0.3, 0.4) is 0 Å². The van der Waals surface area contributed by atoms with Crippen LogP contribution in [0.5, 0.6) is 0 Å². The number of aromatic nitrogens is 1. The first kappa shape index (κ1) is 18.1. The Morgan fingerprint density at radius 3 is 2.38 bits per heavy atom. The third kappa shape index (κ3) is 5.41. The number of nitrogens with zero attached hydrogens (tertiary/aromatic N) is 2. The zero-order chi connectivity index (χ0) is 17.4. The molecule has 0 aliphatic rings. The minimum atomic E-state index is 0.00453. The summed E-state index contributed by atoms with van der Waals surface area (Å²) < 4.78 is 0. The molecule has 0 radical (unpaired) electrons. The SMILES string of the molecule is CC(NNC(=S)NNC(=S)N(C)c1ccccc1)c1ccccn1. The summed E-state index contributed by atoms with van der Waals surface area (Å²) in [5, 5.41) is 0.879. The van der Waals surface area contributed by atoms with Crippen molar-refractivity contribution >= 4 is 40.3 Å². The van der Waals surface area contributed by atoms with Gasteiger partial charge in [-0.2, -0.15) is 0 Å². The van der Waals surface area contributed by atoms with Crippen LogP contribution in [0, 0.1) is 0 Å². The summed E-state index contributed by atoms with van der Waals surface area (Å²) in [6, 6.07) is 15.6. The van der Waals surface area contributed by atoms with E-state index in [1.165, 1.54) is 0 Å². The zero-order valence-corrected chi connectivity index (χ0v) is 15.1. The first-order chi connectivity index (χ1) is 11.6. The van der Waals surface area contributed by atoms with Crippen molar-refractivity contribution in [2.24, 2.45) is 0 Å². The van der Waals surface area contributed by atoms with Crippen molar-refractivity contribution in [1.29, 1.82) is 0 Å². The maximum Gasteiger partial charge on any atom is 0.199 e. The summed E-state index contributed by atoms with van der Waals surface area (Å²) in [6.45, 7) is 1.99. The van der Waals surface area contributed by atoms with Crippen molar-refractivity contribution in [3.8, 4) is 0 Å². The third-order valence-corrected chi connectivity index (χ3v) is 3.84. The van der Waals surface area contributed by atoms with E-state index in [0.717, 1.165) is 11.4 Å². The Morgan fingerprint density at radius 1 is 1.00 bits per heavy atom. The van der Waals surface area contributed by atoms with Crippen molar-refractivity contribution in [1.82, 2.24) is 26.7 Å². The fourth-order valence-corrected chi connectivity index (χ4v) is 2.14. The Morgan fingerprint density at radius 2 is 1.71 bits per heavy atom. The Balaban J connectivity index is 1.74. The van der Waals surface area contributed by atoms with Crippen molar-refractivity contribution in [3.05, 3.63) is 60.4 Å². The monoisotopic (exact) mass is 360 g/mol. The highest BCUT2D eigenvalue weighted by Gasteiger charge is 2.08. The zero-order valence-electron chi connectivity index (χ0n) is 13.5. The Labute approximate surface area is 152 Å². The summed E-state index contributed by atoms with van der Waals surface area (Å²) in [5.41, 5.74) is 13.6. The molecule has 6 nitrogen and oxygen atoms in total. The molecule has 1 heterocycles. The molecule has 2 rings (SSSR count). The molecule has 1 aromatic heterocycles. The van der Waals surface area contributed by atoms with E-state index in [2.05, 4.69) is 26.7 Å². The number of benzene rings is 1. The van der Waals surface area contributed by atoms with E-state index in [0.29, 0.717) is 10.2 Å². The van der Waals surface area contributed by atoms with Crippen LogP contribution in [0.4, 0.5) is 5.69 Å². The molecule has 0 aliphatic carbocycles. The fraction of sp³-hybridized carbons (Fsp3) is 0.188. The molecule has 126 valence electrons. The normalized spacial score (nSPS) is 11.2. The Hall–Kier alpha value is -2.29. The minimum Gasteiger partial charge on any atom is -0.321 e. The predicted octanol–water partition coefficient (Wildman–Crippen LogP) is 2.04. The summed E-state index contributed by atoms with van der Waals surface area (Å²) in [6.07, 6.45) is 1.75. The number of rotatable bonds is 4. The maximum atomic E-state index is 5.32. The average molecular weight is 361 g/mol. The highest BCUT2D eigenvalue weighted by molar-refractivity contribution is 7.80. The number of para-hydroxylation sites is 1. The van der Waals surface area contributed by atoms with E-state index < -0.39 is 0 Å². The molecular weight excluding hydrogens is 340 g/mol.